The minimum absolute atomic E-state index is 0.00276. The summed E-state index contributed by atoms with van der Waals surface area (Å²) >= 11 is 0. The first-order valence-corrected chi connectivity index (χ1v) is 34.5. The summed E-state index contributed by atoms with van der Waals surface area (Å²) in [6, 6.07) is 75.2. The number of para-hydroxylation sites is 1. The lowest BCUT2D eigenvalue weighted by atomic mass is 9.33. The summed E-state index contributed by atoms with van der Waals surface area (Å²) in [5.41, 5.74) is 23.8. The Morgan fingerprint density at radius 3 is 1.66 bits per heavy atom. The highest BCUT2D eigenvalue weighted by molar-refractivity contribution is 7.01. The van der Waals surface area contributed by atoms with Gasteiger partial charge in [-0.25, -0.2) is 0 Å². The fourth-order valence-corrected chi connectivity index (χ4v) is 18.7. The number of benzene rings is 9. The van der Waals surface area contributed by atoms with Gasteiger partial charge in [0.2, 0.25) is 0 Å². The van der Waals surface area contributed by atoms with Crippen molar-refractivity contribution in [2.24, 2.45) is 0 Å². The summed E-state index contributed by atoms with van der Waals surface area (Å²) in [7, 11) is -1.91. The highest BCUT2D eigenvalue weighted by Gasteiger charge is 2.66. The van der Waals surface area contributed by atoms with E-state index < -0.39 is 8.07 Å². The number of nitrogens with zero attached hydrogens (tertiary/aromatic N) is 3. The Balaban J connectivity index is 1.11. The normalized spacial score (nSPS) is 23.3. The molecule has 0 amide bonds. The van der Waals surface area contributed by atoms with Gasteiger partial charge in [0.15, 0.2) is 0 Å². The van der Waals surface area contributed by atoms with Crippen molar-refractivity contribution in [3.8, 4) is 11.1 Å². The quantitative estimate of drug-likeness (QED) is 0.154. The first kappa shape index (κ1) is 51.8. The first-order valence-electron chi connectivity index (χ1n) is 31.0. The molecule has 6 aliphatic rings. The van der Waals surface area contributed by atoms with E-state index in [0.29, 0.717) is 0 Å². The van der Waals surface area contributed by atoms with Crippen molar-refractivity contribution in [2.45, 2.75) is 159 Å². The van der Waals surface area contributed by atoms with Gasteiger partial charge in [0.25, 0.3) is 6.71 Å². The van der Waals surface area contributed by atoms with Crippen molar-refractivity contribution in [3.63, 3.8) is 0 Å². The van der Waals surface area contributed by atoms with Gasteiger partial charge in [-0.2, -0.15) is 0 Å². The zero-order valence-corrected chi connectivity index (χ0v) is 51.5. The minimum Gasteiger partial charge on any atom is -0.335 e. The Labute approximate surface area is 490 Å². The molecule has 0 saturated heterocycles. The predicted octanol–water partition coefficient (Wildman–Crippen LogP) is 17.8. The van der Waals surface area contributed by atoms with E-state index in [2.05, 4.69) is 278 Å². The van der Waals surface area contributed by atoms with E-state index in [1.54, 1.807) is 10.8 Å². The molecule has 5 heteroatoms. The van der Waals surface area contributed by atoms with Crippen molar-refractivity contribution in [3.05, 3.63) is 221 Å². The molecule has 0 bridgehead atoms. The summed E-state index contributed by atoms with van der Waals surface area (Å²) in [4.78, 5) is 8.67. The van der Waals surface area contributed by atoms with Gasteiger partial charge >= 0.3 is 0 Å². The molecular weight excluding hydrogens is 1010 g/mol. The van der Waals surface area contributed by atoms with Crippen LogP contribution in [0.15, 0.2) is 188 Å². The van der Waals surface area contributed by atoms with Gasteiger partial charge in [-0.15, -0.1) is 0 Å². The minimum atomic E-state index is -1.91. The monoisotopic (exact) mass is 1090 g/mol. The zero-order valence-electron chi connectivity index (χ0n) is 50.5. The van der Waals surface area contributed by atoms with Crippen LogP contribution in [0.25, 0.3) is 21.9 Å². The molecule has 0 aromatic heterocycles. The molecule has 0 spiro atoms. The van der Waals surface area contributed by atoms with Crippen molar-refractivity contribution in [1.29, 1.82) is 0 Å². The van der Waals surface area contributed by atoms with Crippen LogP contribution in [0.4, 0.5) is 39.8 Å². The Kier molecular flexibility index (Phi) is 11.2. The van der Waals surface area contributed by atoms with E-state index >= 15 is 0 Å². The molecule has 4 aliphatic heterocycles. The maximum absolute atomic E-state index is 3.01. The summed E-state index contributed by atoms with van der Waals surface area (Å²) in [6.07, 6.45) is 9.27. The van der Waals surface area contributed by atoms with Crippen LogP contribution in [0.5, 0.6) is 0 Å². The summed E-state index contributed by atoms with van der Waals surface area (Å²) in [5.74, 6) is 0. The Hall–Kier alpha value is -7.08. The van der Waals surface area contributed by atoms with Crippen LogP contribution < -0.4 is 36.3 Å². The van der Waals surface area contributed by atoms with Crippen molar-refractivity contribution in [1.82, 2.24) is 0 Å². The summed E-state index contributed by atoms with van der Waals surface area (Å²) < 4.78 is 0. The van der Waals surface area contributed by atoms with E-state index in [1.165, 1.54) is 132 Å². The third-order valence-electron chi connectivity index (χ3n) is 21.7. The molecule has 4 atom stereocenters. The molecular formula is C77H80BN3Si. The fourth-order valence-electron chi connectivity index (χ4n) is 17.6. The second-order valence-corrected chi connectivity index (χ2v) is 34.2. The molecule has 410 valence electrons. The van der Waals surface area contributed by atoms with Crippen molar-refractivity contribution in [2.75, 3.05) is 14.7 Å². The molecule has 3 nitrogen and oxygen atoms in total. The Morgan fingerprint density at radius 1 is 0.439 bits per heavy atom. The number of rotatable bonds is 6. The number of hydrogen-bond donors (Lipinski definition) is 0. The maximum atomic E-state index is 3.01. The van der Waals surface area contributed by atoms with Crippen LogP contribution in [0.2, 0.25) is 19.6 Å². The van der Waals surface area contributed by atoms with Gasteiger partial charge in [0.1, 0.15) is 0 Å². The van der Waals surface area contributed by atoms with Crippen LogP contribution in [-0.2, 0) is 21.7 Å². The van der Waals surface area contributed by atoms with Crippen molar-refractivity contribution < 1.29 is 0 Å². The molecule has 4 unspecified atom stereocenters. The van der Waals surface area contributed by atoms with Crippen LogP contribution >= 0.6 is 0 Å². The second kappa shape index (κ2) is 17.7. The number of hydrogen-bond acceptors (Lipinski definition) is 3. The highest BCUT2D eigenvalue weighted by Crippen LogP contribution is 2.67. The molecule has 9 aromatic rings. The van der Waals surface area contributed by atoms with Crippen LogP contribution in [-0.4, -0.2) is 25.9 Å². The lowest BCUT2D eigenvalue weighted by Crippen LogP contribution is -2.65. The average molecular weight is 1090 g/mol. The predicted molar refractivity (Wildman–Crippen MR) is 354 cm³/mol. The van der Waals surface area contributed by atoms with Gasteiger partial charge in [0.05, 0.1) is 24.8 Å². The molecule has 0 radical (unpaired) electrons. The van der Waals surface area contributed by atoms with Gasteiger partial charge in [0, 0.05) is 50.5 Å². The third kappa shape index (κ3) is 7.01. The topological polar surface area (TPSA) is 9.72 Å². The smallest absolute Gasteiger partial charge is 0.252 e. The summed E-state index contributed by atoms with van der Waals surface area (Å²) in [5, 5.41) is 4.09. The lowest BCUT2D eigenvalue weighted by molar-refractivity contribution is 0.214. The molecule has 4 heterocycles. The van der Waals surface area contributed by atoms with Gasteiger partial charge in [-0.1, -0.05) is 238 Å². The SMILES string of the molecule is CC(C)(C)c1ccc2c(c1)B1c3cc([Si](C)(C)C)cc4c3N(c3cc(N5c6ccccc6C6(c7ccccc7)CCCCC56C)cc(c31)N2c1ccc(C(C)(C)C)cc1-c1ccc2ccccc2c1)C1(C)CCCCC41c1ccccc1. The van der Waals surface area contributed by atoms with Gasteiger partial charge in [-0.3, -0.25) is 0 Å². The Morgan fingerprint density at radius 2 is 1.00 bits per heavy atom. The molecule has 15 rings (SSSR count). The molecule has 82 heavy (non-hydrogen) atoms. The molecule has 2 fully saturated rings. The molecule has 9 aromatic carbocycles. The van der Waals surface area contributed by atoms with Crippen molar-refractivity contribution >= 4 is 86.9 Å². The maximum Gasteiger partial charge on any atom is 0.252 e. The van der Waals surface area contributed by atoms with E-state index in [9.17, 15) is 0 Å². The second-order valence-electron chi connectivity index (χ2n) is 29.1. The van der Waals surface area contributed by atoms with Gasteiger partial charge < -0.3 is 14.7 Å². The van der Waals surface area contributed by atoms with Crippen LogP contribution in [0.1, 0.15) is 140 Å². The zero-order chi connectivity index (χ0) is 56.5. The first-order chi connectivity index (χ1) is 39.3. The van der Waals surface area contributed by atoms with E-state index in [-0.39, 0.29) is 39.5 Å². The van der Waals surface area contributed by atoms with Gasteiger partial charge in [-0.05, 0) is 159 Å². The van der Waals surface area contributed by atoms with E-state index in [0.717, 1.165) is 25.7 Å². The fraction of sp³-hybridized carbons (Fsp3) is 0.325. The van der Waals surface area contributed by atoms with Crippen LogP contribution in [0, 0.1) is 0 Å². The molecule has 2 saturated carbocycles. The third-order valence-corrected chi connectivity index (χ3v) is 23.7. The van der Waals surface area contributed by atoms with E-state index in [1.807, 2.05) is 0 Å². The largest absolute Gasteiger partial charge is 0.335 e. The summed E-state index contributed by atoms with van der Waals surface area (Å²) in [6.45, 7) is 27.4. The molecule has 0 N–H and O–H groups in total. The van der Waals surface area contributed by atoms with E-state index in [4.69, 9.17) is 0 Å². The lowest BCUT2D eigenvalue weighted by Gasteiger charge is -2.55. The number of anilines is 7. The average Bonchev–Trinajstić information content (AvgIpc) is 1.58. The molecule has 2 aliphatic carbocycles. The number of fused-ring (bicyclic) bond motifs is 11. The Bertz CT molecular complexity index is 4090. The van der Waals surface area contributed by atoms with Crippen LogP contribution in [0.3, 0.4) is 0 Å². The standard InChI is InChI=1S/C77H80BN3Si/c1-72(2,3)56-36-38-65(60(45-56)53-35-34-51-26-18-19-27-52(51)44-53)79-67-39-37-57(73(4,5)6)46-63(67)78-64-50-59(82(9,10)11)49-62-71(64)81(75(8)41-23-25-43-77(62,75)55-30-16-13-17-31-55)69-48-58(47-68(79)70(69)78)80-66-33-21-20-32-61(66)76(54-28-14-12-15-29-54)42-24-22-40-74(76,80)7/h12-21,26-39,44-50H,22-25,40-43H2,1-11H3. The highest BCUT2D eigenvalue weighted by atomic mass is 28.3.